The van der Waals surface area contributed by atoms with Crippen molar-refractivity contribution in [1.29, 1.82) is 0 Å². The second-order valence-corrected chi connectivity index (χ2v) is 6.01. The van der Waals surface area contributed by atoms with Gasteiger partial charge in [0.1, 0.15) is 5.82 Å². The highest BCUT2D eigenvalue weighted by Gasteiger charge is 2.30. The van der Waals surface area contributed by atoms with Crippen molar-refractivity contribution in [2.75, 3.05) is 33.7 Å². The number of benzene rings is 1. The van der Waals surface area contributed by atoms with Gasteiger partial charge in [0.15, 0.2) is 0 Å². The molecule has 3 nitrogen and oxygen atoms in total. The predicted molar refractivity (Wildman–Crippen MR) is 84.2 cm³/mol. The van der Waals surface area contributed by atoms with Crippen LogP contribution in [0.2, 0.25) is 0 Å². The maximum Gasteiger partial charge on any atom is 0.124 e. The number of likely N-dealkylation sites (tertiary alicyclic amines) is 1. The molecule has 0 spiro atoms. The van der Waals surface area contributed by atoms with Crippen molar-refractivity contribution < 1.29 is 4.39 Å². The van der Waals surface area contributed by atoms with Crippen LogP contribution in [-0.2, 0) is 6.54 Å². The summed E-state index contributed by atoms with van der Waals surface area (Å²) in [4.78, 5) is 4.70. The minimum atomic E-state index is -0.249. The van der Waals surface area contributed by atoms with Crippen LogP contribution in [0.5, 0.6) is 0 Å². The minimum absolute atomic E-state index is 0.249. The summed E-state index contributed by atoms with van der Waals surface area (Å²) in [5.41, 5.74) is 7.24. The summed E-state index contributed by atoms with van der Waals surface area (Å²) in [6, 6.07) is 5.42. The molecular formula is C17H24FN3. The number of likely N-dealkylation sites (N-methyl/N-ethyl adjacent to an activating group) is 1. The van der Waals surface area contributed by atoms with Crippen LogP contribution < -0.4 is 5.73 Å². The second-order valence-electron chi connectivity index (χ2n) is 6.01. The molecule has 21 heavy (non-hydrogen) atoms. The molecule has 2 atom stereocenters. The van der Waals surface area contributed by atoms with E-state index in [0.717, 1.165) is 30.8 Å². The molecule has 0 radical (unpaired) electrons. The number of halogens is 1. The SMILES string of the molecule is CC1CN(Cc2ccc(F)cc2C#CCN)CC1N(C)C. The molecule has 1 aromatic carbocycles. The van der Waals surface area contributed by atoms with E-state index < -0.39 is 0 Å². The zero-order valence-electron chi connectivity index (χ0n) is 13.1. The molecule has 1 aliphatic rings. The quantitative estimate of drug-likeness (QED) is 0.856. The summed E-state index contributed by atoms with van der Waals surface area (Å²) in [6.45, 7) is 5.48. The van der Waals surface area contributed by atoms with Crippen molar-refractivity contribution in [2.24, 2.45) is 11.7 Å². The van der Waals surface area contributed by atoms with E-state index in [0.29, 0.717) is 18.5 Å². The predicted octanol–water partition coefficient (Wildman–Crippen LogP) is 1.52. The maximum atomic E-state index is 13.4. The normalized spacial score (nSPS) is 22.4. The van der Waals surface area contributed by atoms with E-state index in [1.165, 1.54) is 12.1 Å². The lowest BCUT2D eigenvalue weighted by Gasteiger charge is -2.22. The van der Waals surface area contributed by atoms with Crippen LogP contribution in [-0.4, -0.2) is 49.6 Å². The second kappa shape index (κ2) is 7.04. The molecular weight excluding hydrogens is 265 g/mol. The fraction of sp³-hybridized carbons (Fsp3) is 0.529. The number of nitrogens with two attached hydrogens (primary N) is 1. The highest BCUT2D eigenvalue weighted by molar-refractivity contribution is 5.42. The molecule has 2 rings (SSSR count). The minimum Gasteiger partial charge on any atom is -0.320 e. The van der Waals surface area contributed by atoms with E-state index in [1.807, 2.05) is 6.07 Å². The first kappa shape index (κ1) is 16.0. The standard InChI is InChI=1S/C17H24FN3/c1-13-10-21(12-17(13)20(2)3)11-15-6-7-16(18)9-14(15)5-4-8-19/h6-7,9,13,17H,8,10-12,19H2,1-3H3. The maximum absolute atomic E-state index is 13.4. The molecule has 2 N–H and O–H groups in total. The average molecular weight is 289 g/mol. The van der Waals surface area contributed by atoms with Gasteiger partial charge in [-0.2, -0.15) is 0 Å². The zero-order chi connectivity index (χ0) is 15.4. The third-order valence-electron chi connectivity index (χ3n) is 4.10. The van der Waals surface area contributed by atoms with Crippen LogP contribution in [0.25, 0.3) is 0 Å². The molecule has 0 bridgehead atoms. The Kier molecular flexibility index (Phi) is 5.35. The van der Waals surface area contributed by atoms with Crippen molar-refractivity contribution in [1.82, 2.24) is 9.80 Å². The summed E-state index contributed by atoms with van der Waals surface area (Å²) < 4.78 is 13.4. The monoisotopic (exact) mass is 289 g/mol. The molecule has 1 heterocycles. The number of nitrogens with zero attached hydrogens (tertiary/aromatic N) is 2. The lowest BCUT2D eigenvalue weighted by atomic mass is 10.1. The summed E-state index contributed by atoms with van der Waals surface area (Å²) in [7, 11) is 4.25. The zero-order valence-corrected chi connectivity index (χ0v) is 13.1. The van der Waals surface area contributed by atoms with E-state index in [4.69, 9.17) is 5.73 Å². The van der Waals surface area contributed by atoms with Gasteiger partial charge < -0.3 is 10.6 Å². The molecule has 1 fully saturated rings. The molecule has 2 unspecified atom stereocenters. The van der Waals surface area contributed by atoms with Gasteiger partial charge >= 0.3 is 0 Å². The van der Waals surface area contributed by atoms with Crippen LogP contribution in [0.4, 0.5) is 4.39 Å². The summed E-state index contributed by atoms with van der Waals surface area (Å²) >= 11 is 0. The van der Waals surface area contributed by atoms with Crippen LogP contribution in [0, 0.1) is 23.6 Å². The molecule has 0 aliphatic carbocycles. The first-order chi connectivity index (χ1) is 10.0. The van der Waals surface area contributed by atoms with Crippen LogP contribution in [0.15, 0.2) is 18.2 Å². The van der Waals surface area contributed by atoms with E-state index in [9.17, 15) is 4.39 Å². The first-order valence-electron chi connectivity index (χ1n) is 7.37. The Morgan fingerprint density at radius 1 is 1.38 bits per heavy atom. The Bertz CT molecular complexity index is 545. The molecule has 114 valence electrons. The first-order valence-corrected chi connectivity index (χ1v) is 7.37. The third kappa shape index (κ3) is 4.04. The van der Waals surface area contributed by atoms with Crippen molar-refractivity contribution >= 4 is 0 Å². The van der Waals surface area contributed by atoms with Gasteiger partial charge in [-0.15, -0.1) is 0 Å². The Morgan fingerprint density at radius 3 is 2.76 bits per heavy atom. The van der Waals surface area contributed by atoms with Gasteiger partial charge in [-0.05, 0) is 37.7 Å². The molecule has 1 aromatic rings. The van der Waals surface area contributed by atoms with Gasteiger partial charge in [-0.25, -0.2) is 4.39 Å². The van der Waals surface area contributed by atoms with Crippen molar-refractivity contribution in [3.8, 4) is 11.8 Å². The third-order valence-corrected chi connectivity index (χ3v) is 4.10. The van der Waals surface area contributed by atoms with Gasteiger partial charge in [0.2, 0.25) is 0 Å². The van der Waals surface area contributed by atoms with Gasteiger partial charge in [-0.1, -0.05) is 24.8 Å². The molecule has 0 saturated carbocycles. The van der Waals surface area contributed by atoms with Gasteiger partial charge in [-0.3, -0.25) is 4.90 Å². The van der Waals surface area contributed by atoms with E-state index in [1.54, 1.807) is 0 Å². The average Bonchev–Trinajstić information content (AvgIpc) is 2.80. The Labute approximate surface area is 126 Å². The van der Waals surface area contributed by atoms with Gasteiger partial charge in [0, 0.05) is 31.2 Å². The largest absolute Gasteiger partial charge is 0.320 e. The Balaban J connectivity index is 2.13. The summed E-state index contributed by atoms with van der Waals surface area (Å²) in [6.07, 6.45) is 0. The van der Waals surface area contributed by atoms with E-state index in [2.05, 4.69) is 42.7 Å². The fourth-order valence-corrected chi connectivity index (χ4v) is 3.04. The summed E-state index contributed by atoms with van der Waals surface area (Å²) in [5, 5.41) is 0. The highest BCUT2D eigenvalue weighted by atomic mass is 19.1. The highest BCUT2D eigenvalue weighted by Crippen LogP contribution is 2.23. The molecule has 4 heteroatoms. The Morgan fingerprint density at radius 2 is 2.14 bits per heavy atom. The lowest BCUT2D eigenvalue weighted by Crippen LogP contribution is -2.34. The number of rotatable bonds is 3. The molecule has 0 aromatic heterocycles. The van der Waals surface area contributed by atoms with Crippen molar-refractivity contribution in [3.05, 3.63) is 35.1 Å². The van der Waals surface area contributed by atoms with Crippen LogP contribution in [0.3, 0.4) is 0 Å². The lowest BCUT2D eigenvalue weighted by molar-refractivity contribution is 0.250. The van der Waals surface area contributed by atoms with Crippen molar-refractivity contribution in [2.45, 2.75) is 19.5 Å². The number of hydrogen-bond donors (Lipinski definition) is 1. The van der Waals surface area contributed by atoms with E-state index >= 15 is 0 Å². The van der Waals surface area contributed by atoms with Crippen LogP contribution >= 0.6 is 0 Å². The van der Waals surface area contributed by atoms with Crippen LogP contribution in [0.1, 0.15) is 18.1 Å². The smallest absolute Gasteiger partial charge is 0.124 e. The topological polar surface area (TPSA) is 32.5 Å². The fourth-order valence-electron chi connectivity index (χ4n) is 3.04. The Hall–Kier alpha value is -1.41. The van der Waals surface area contributed by atoms with Gasteiger partial charge in [0.05, 0.1) is 6.54 Å². The van der Waals surface area contributed by atoms with Gasteiger partial charge in [0.25, 0.3) is 0 Å². The number of hydrogen-bond acceptors (Lipinski definition) is 3. The molecule has 1 saturated heterocycles. The summed E-state index contributed by atoms with van der Waals surface area (Å²) in [5.74, 6) is 6.19. The van der Waals surface area contributed by atoms with E-state index in [-0.39, 0.29) is 5.82 Å². The molecule has 0 amide bonds. The molecule has 1 aliphatic heterocycles. The van der Waals surface area contributed by atoms with Crippen molar-refractivity contribution in [3.63, 3.8) is 0 Å².